The molecular formula is C21H25N3O9. The first-order chi connectivity index (χ1) is 15.6. The summed E-state index contributed by atoms with van der Waals surface area (Å²) in [6, 6.07) is 3.70. The smallest absolute Gasteiger partial charge is 0.499 e. The number of ether oxygens (including phenoxy) is 3. The van der Waals surface area contributed by atoms with E-state index in [0.717, 1.165) is 18.2 Å². The lowest BCUT2D eigenvalue weighted by molar-refractivity contribution is -0.385. The maximum absolute atomic E-state index is 12.5. The number of phenols is 1. The Labute approximate surface area is 190 Å². The number of rotatable bonds is 10. The number of nitriles is 1. The SMILES string of the molecule is CCC(CC(=O)OC)OC(=O)Oc1cc(/C=C(\C#N)C(=O)N(CC)CC)cc([N+](=O)[O-])c1O. The average Bonchev–Trinajstić information content (AvgIpc) is 2.78. The second-order valence-corrected chi connectivity index (χ2v) is 6.57. The Bertz CT molecular complexity index is 978. The van der Waals surface area contributed by atoms with Crippen LogP contribution in [-0.2, 0) is 19.1 Å². The number of carbonyl (C=O) groups is 3. The minimum Gasteiger partial charge on any atom is -0.499 e. The molecule has 12 heteroatoms. The van der Waals surface area contributed by atoms with E-state index in [4.69, 9.17) is 9.47 Å². The zero-order valence-electron chi connectivity index (χ0n) is 18.7. The molecule has 1 N–H and O–H groups in total. The summed E-state index contributed by atoms with van der Waals surface area (Å²) in [7, 11) is 1.17. The van der Waals surface area contributed by atoms with Crippen molar-refractivity contribution in [3.63, 3.8) is 0 Å². The second-order valence-electron chi connectivity index (χ2n) is 6.57. The quantitative estimate of drug-likeness (QED) is 0.136. The van der Waals surface area contributed by atoms with Crippen molar-refractivity contribution in [1.29, 1.82) is 5.26 Å². The van der Waals surface area contributed by atoms with Crippen LogP contribution in [0.2, 0.25) is 0 Å². The van der Waals surface area contributed by atoms with Crippen LogP contribution >= 0.6 is 0 Å². The summed E-state index contributed by atoms with van der Waals surface area (Å²) in [4.78, 5) is 47.8. The Balaban J connectivity index is 3.31. The number of nitro benzene ring substituents is 1. The van der Waals surface area contributed by atoms with Crippen LogP contribution in [0.15, 0.2) is 17.7 Å². The predicted molar refractivity (Wildman–Crippen MR) is 114 cm³/mol. The lowest BCUT2D eigenvalue weighted by Crippen LogP contribution is -2.31. The molecule has 0 radical (unpaired) electrons. The van der Waals surface area contributed by atoms with Gasteiger partial charge in [0.1, 0.15) is 17.7 Å². The lowest BCUT2D eigenvalue weighted by atomic mass is 10.1. The number of esters is 1. The van der Waals surface area contributed by atoms with E-state index in [1.54, 1.807) is 26.8 Å². The molecule has 33 heavy (non-hydrogen) atoms. The highest BCUT2D eigenvalue weighted by molar-refractivity contribution is 6.01. The molecule has 1 aromatic rings. The fraction of sp³-hybridized carbons (Fsp3) is 0.429. The molecule has 0 fully saturated rings. The van der Waals surface area contributed by atoms with Crippen LogP contribution in [0.4, 0.5) is 10.5 Å². The van der Waals surface area contributed by atoms with Gasteiger partial charge in [0, 0.05) is 19.2 Å². The molecule has 0 heterocycles. The molecule has 0 aliphatic heterocycles. The van der Waals surface area contributed by atoms with E-state index in [-0.39, 0.29) is 24.0 Å². The number of phenolic OH excluding ortho intramolecular Hbond substituents is 1. The van der Waals surface area contributed by atoms with E-state index in [1.807, 2.05) is 0 Å². The second kappa shape index (κ2) is 12.7. The normalized spacial score (nSPS) is 11.7. The number of nitrogens with zero attached hydrogens (tertiary/aromatic N) is 3. The molecule has 1 unspecified atom stereocenters. The molecule has 0 aromatic heterocycles. The summed E-state index contributed by atoms with van der Waals surface area (Å²) >= 11 is 0. The minimum absolute atomic E-state index is 0.0408. The van der Waals surface area contributed by atoms with Crippen LogP contribution in [0.3, 0.4) is 0 Å². The fourth-order valence-corrected chi connectivity index (χ4v) is 2.69. The molecule has 0 bridgehead atoms. The standard InChI is InChI=1S/C21H25N3O9/c1-5-15(11-18(25)31-4)32-21(28)33-17-10-13(9-16(19(17)26)24(29)30)8-14(12-22)20(27)23(6-2)7-3/h8-10,15,26H,5-7,11H2,1-4H3/b14-8+. The average molecular weight is 463 g/mol. The first-order valence-electron chi connectivity index (χ1n) is 9.99. The van der Waals surface area contributed by atoms with Gasteiger partial charge in [0.15, 0.2) is 5.75 Å². The number of amides is 1. The van der Waals surface area contributed by atoms with Crippen molar-refractivity contribution in [1.82, 2.24) is 4.90 Å². The summed E-state index contributed by atoms with van der Waals surface area (Å²) in [5, 5.41) is 30.9. The molecule has 0 saturated heterocycles. The summed E-state index contributed by atoms with van der Waals surface area (Å²) in [5.41, 5.74) is -1.17. The van der Waals surface area contributed by atoms with Crippen LogP contribution in [-0.4, -0.2) is 59.3 Å². The number of nitro groups is 1. The summed E-state index contributed by atoms with van der Waals surface area (Å²) in [5.74, 6) is -2.79. The highest BCUT2D eigenvalue weighted by Gasteiger charge is 2.25. The molecule has 0 saturated carbocycles. The van der Waals surface area contributed by atoms with E-state index < -0.39 is 46.2 Å². The van der Waals surface area contributed by atoms with Gasteiger partial charge >= 0.3 is 17.8 Å². The maximum atomic E-state index is 12.5. The molecule has 1 rings (SSSR count). The number of hydrogen-bond acceptors (Lipinski definition) is 10. The van der Waals surface area contributed by atoms with E-state index in [9.17, 15) is 34.9 Å². The molecular weight excluding hydrogens is 438 g/mol. The third-order valence-electron chi connectivity index (χ3n) is 4.52. The van der Waals surface area contributed by atoms with E-state index in [0.29, 0.717) is 13.1 Å². The first kappa shape index (κ1) is 26.9. The largest absolute Gasteiger partial charge is 0.514 e. The van der Waals surface area contributed by atoms with Gasteiger partial charge < -0.3 is 24.2 Å². The van der Waals surface area contributed by atoms with Gasteiger partial charge in [0.25, 0.3) is 5.91 Å². The van der Waals surface area contributed by atoms with Gasteiger partial charge in [-0.05, 0) is 38.0 Å². The van der Waals surface area contributed by atoms with Crippen molar-refractivity contribution in [2.75, 3.05) is 20.2 Å². The number of methoxy groups -OCH3 is 1. The Kier molecular flexibility index (Phi) is 10.3. The molecule has 1 amide bonds. The third-order valence-corrected chi connectivity index (χ3v) is 4.52. The fourth-order valence-electron chi connectivity index (χ4n) is 2.69. The molecule has 178 valence electrons. The van der Waals surface area contributed by atoms with Crippen molar-refractivity contribution < 1.29 is 38.6 Å². The van der Waals surface area contributed by atoms with Crippen molar-refractivity contribution >= 4 is 29.8 Å². The molecule has 1 atom stereocenters. The van der Waals surface area contributed by atoms with Crippen LogP contribution in [0.1, 0.15) is 39.2 Å². The molecule has 0 aliphatic carbocycles. The number of carbonyl (C=O) groups excluding carboxylic acids is 3. The highest BCUT2D eigenvalue weighted by Crippen LogP contribution is 2.38. The summed E-state index contributed by atoms with van der Waals surface area (Å²) in [6.07, 6.45) is -1.12. The van der Waals surface area contributed by atoms with Crippen LogP contribution < -0.4 is 4.74 Å². The Hall–Kier alpha value is -4.14. The summed E-state index contributed by atoms with van der Waals surface area (Å²) < 4.78 is 14.4. The lowest BCUT2D eigenvalue weighted by Gasteiger charge is -2.17. The summed E-state index contributed by atoms with van der Waals surface area (Å²) in [6.45, 7) is 5.78. The first-order valence-corrected chi connectivity index (χ1v) is 9.99. The zero-order valence-corrected chi connectivity index (χ0v) is 18.7. The Morgan fingerprint density at radius 1 is 1.27 bits per heavy atom. The zero-order chi connectivity index (χ0) is 25.1. The van der Waals surface area contributed by atoms with Crippen molar-refractivity contribution in [2.24, 2.45) is 0 Å². The van der Waals surface area contributed by atoms with Gasteiger partial charge in [-0.25, -0.2) is 4.79 Å². The van der Waals surface area contributed by atoms with E-state index in [2.05, 4.69) is 4.74 Å². The van der Waals surface area contributed by atoms with E-state index >= 15 is 0 Å². The van der Waals surface area contributed by atoms with Gasteiger partial charge in [-0.3, -0.25) is 19.7 Å². The maximum Gasteiger partial charge on any atom is 0.514 e. The van der Waals surface area contributed by atoms with Gasteiger partial charge in [-0.1, -0.05) is 6.92 Å². The van der Waals surface area contributed by atoms with Crippen molar-refractivity contribution in [2.45, 2.75) is 39.7 Å². The minimum atomic E-state index is -1.32. The number of benzene rings is 1. The number of hydrogen-bond donors (Lipinski definition) is 1. The number of likely N-dealkylation sites (N-methyl/N-ethyl adjacent to an activating group) is 1. The third kappa shape index (κ3) is 7.49. The Morgan fingerprint density at radius 3 is 2.39 bits per heavy atom. The molecule has 0 spiro atoms. The highest BCUT2D eigenvalue weighted by atomic mass is 16.7. The molecule has 0 aliphatic rings. The van der Waals surface area contributed by atoms with Gasteiger partial charge in [-0.2, -0.15) is 5.26 Å². The van der Waals surface area contributed by atoms with E-state index in [1.165, 1.54) is 12.0 Å². The van der Waals surface area contributed by atoms with Crippen LogP contribution in [0, 0.1) is 21.4 Å². The Morgan fingerprint density at radius 2 is 1.91 bits per heavy atom. The van der Waals surface area contributed by atoms with Gasteiger partial charge in [-0.15, -0.1) is 0 Å². The van der Waals surface area contributed by atoms with Crippen LogP contribution in [0.5, 0.6) is 11.5 Å². The predicted octanol–water partition coefficient (Wildman–Crippen LogP) is 2.93. The molecule has 12 nitrogen and oxygen atoms in total. The van der Waals surface area contributed by atoms with Crippen molar-refractivity contribution in [3.05, 3.63) is 33.4 Å². The van der Waals surface area contributed by atoms with Gasteiger partial charge in [0.2, 0.25) is 5.75 Å². The van der Waals surface area contributed by atoms with Gasteiger partial charge in [0.05, 0.1) is 18.5 Å². The molecule has 1 aromatic carbocycles. The van der Waals surface area contributed by atoms with Crippen molar-refractivity contribution in [3.8, 4) is 17.6 Å². The van der Waals surface area contributed by atoms with Crippen LogP contribution in [0.25, 0.3) is 6.08 Å². The monoisotopic (exact) mass is 463 g/mol. The number of aromatic hydroxyl groups is 1. The topological polar surface area (TPSA) is 169 Å².